The number of allylic oxidation sites excluding steroid dienone is 2. The fraction of sp³-hybridized carbons (Fsp3) is 0.514. The minimum atomic E-state index is -3.79. The number of thiazole rings is 1. The summed E-state index contributed by atoms with van der Waals surface area (Å²) >= 11 is 1.38. The van der Waals surface area contributed by atoms with E-state index in [1.54, 1.807) is 12.0 Å². The third-order valence-corrected chi connectivity index (χ3v) is 13.2. The number of rotatable bonds is 8. The van der Waals surface area contributed by atoms with Gasteiger partial charge < -0.3 is 14.4 Å². The molecule has 2 aliphatic heterocycles. The maximum atomic E-state index is 14.5. The summed E-state index contributed by atoms with van der Waals surface area (Å²) in [7, 11) is -2.18. The Kier molecular flexibility index (Phi) is 9.54. The first-order valence-corrected chi connectivity index (χ1v) is 19.7. The van der Waals surface area contributed by atoms with Crippen molar-refractivity contribution in [3.8, 4) is 10.9 Å². The zero-order valence-electron chi connectivity index (χ0n) is 27.7. The SMILES string of the molecule is COc1ccc2nc(O[C@@H]3C[C@H]4C(=O)C[C@]5(C(=O)NS(=O)(=O)C6CC6)C[C@H]5/C=C\CCCCC[C@H](Cc5ccccc5)C(=O)N4C3)sc2c1. The van der Waals surface area contributed by atoms with Crippen molar-refractivity contribution in [1.29, 1.82) is 0 Å². The predicted octanol–water partition coefficient (Wildman–Crippen LogP) is 5.61. The van der Waals surface area contributed by atoms with Gasteiger partial charge >= 0.3 is 0 Å². The largest absolute Gasteiger partial charge is 0.497 e. The molecule has 0 spiro atoms. The highest BCUT2D eigenvalue weighted by Crippen LogP contribution is 2.57. The van der Waals surface area contributed by atoms with Crippen LogP contribution in [0.15, 0.2) is 60.7 Å². The van der Waals surface area contributed by atoms with E-state index in [1.165, 1.54) is 11.3 Å². The average Bonchev–Trinajstić information content (AvgIpc) is 3.98. The summed E-state index contributed by atoms with van der Waals surface area (Å²) in [6, 6.07) is 14.8. The van der Waals surface area contributed by atoms with Gasteiger partial charge in [0.15, 0.2) is 5.78 Å². The molecule has 2 saturated carbocycles. The number of ether oxygens (including phenoxy) is 2. The van der Waals surface area contributed by atoms with Crippen molar-refractivity contribution in [2.24, 2.45) is 17.3 Å². The highest BCUT2D eigenvalue weighted by molar-refractivity contribution is 7.90. The molecule has 1 N–H and O–H groups in total. The number of hydrogen-bond donors (Lipinski definition) is 1. The lowest BCUT2D eigenvalue weighted by atomic mass is 9.90. The molecule has 1 saturated heterocycles. The van der Waals surface area contributed by atoms with Crippen molar-refractivity contribution in [3.63, 3.8) is 0 Å². The first-order chi connectivity index (χ1) is 23.6. The zero-order valence-corrected chi connectivity index (χ0v) is 29.3. The van der Waals surface area contributed by atoms with Crippen LogP contribution in [0.5, 0.6) is 10.9 Å². The van der Waals surface area contributed by atoms with Crippen LogP contribution in [0, 0.1) is 17.3 Å². The summed E-state index contributed by atoms with van der Waals surface area (Å²) in [6.07, 6.45) is 10.0. The van der Waals surface area contributed by atoms with E-state index in [2.05, 4.69) is 15.8 Å². The molecule has 49 heavy (non-hydrogen) atoms. The maximum Gasteiger partial charge on any atom is 0.274 e. The molecule has 1 aromatic heterocycles. The highest BCUT2D eigenvalue weighted by atomic mass is 32.2. The van der Waals surface area contributed by atoms with Crippen LogP contribution < -0.4 is 14.2 Å². The number of nitrogens with zero attached hydrogens (tertiary/aromatic N) is 2. The van der Waals surface area contributed by atoms with Crippen LogP contribution in [0.3, 0.4) is 0 Å². The Bertz CT molecular complexity index is 1860. The predicted molar refractivity (Wildman–Crippen MR) is 187 cm³/mol. The molecule has 260 valence electrons. The normalized spacial score (nSPS) is 28.6. The van der Waals surface area contributed by atoms with E-state index in [-0.39, 0.29) is 42.9 Å². The number of methoxy groups -OCH3 is 1. The molecule has 2 aromatic carbocycles. The Morgan fingerprint density at radius 3 is 2.67 bits per heavy atom. The van der Waals surface area contributed by atoms with Crippen LogP contribution in [-0.4, -0.2) is 66.9 Å². The van der Waals surface area contributed by atoms with Gasteiger partial charge in [0.2, 0.25) is 21.8 Å². The highest BCUT2D eigenvalue weighted by Gasteiger charge is 2.61. The van der Waals surface area contributed by atoms with E-state index in [0.717, 1.165) is 41.5 Å². The number of carbonyl (C=O) groups excluding carboxylic acids is 3. The minimum Gasteiger partial charge on any atom is -0.497 e. The van der Waals surface area contributed by atoms with Gasteiger partial charge in [0, 0.05) is 18.8 Å². The number of Topliss-reactive ketones (excluding diaryl/α,β-unsaturated/α-hetero) is 1. The van der Waals surface area contributed by atoms with E-state index in [9.17, 15) is 22.8 Å². The molecule has 3 heterocycles. The lowest BCUT2D eigenvalue weighted by Gasteiger charge is -2.29. The lowest BCUT2D eigenvalue weighted by molar-refractivity contribution is -0.142. The van der Waals surface area contributed by atoms with E-state index < -0.39 is 38.7 Å². The summed E-state index contributed by atoms with van der Waals surface area (Å²) in [4.78, 5) is 48.9. The molecular weight excluding hydrogens is 663 g/mol. The number of hydrogen-bond acceptors (Lipinski definition) is 9. The first-order valence-electron chi connectivity index (χ1n) is 17.4. The van der Waals surface area contributed by atoms with Gasteiger partial charge in [-0.15, -0.1) is 0 Å². The molecule has 10 nitrogen and oxygen atoms in total. The topological polar surface area (TPSA) is 132 Å². The molecule has 12 heteroatoms. The summed E-state index contributed by atoms with van der Waals surface area (Å²) in [5, 5.41) is -0.102. The molecule has 5 atom stereocenters. The lowest BCUT2D eigenvalue weighted by Crippen LogP contribution is -2.46. The summed E-state index contributed by atoms with van der Waals surface area (Å²) in [6.45, 7) is 0.221. The Balaban J connectivity index is 1.18. The van der Waals surface area contributed by atoms with E-state index in [4.69, 9.17) is 9.47 Å². The van der Waals surface area contributed by atoms with Crippen molar-refractivity contribution in [2.45, 2.75) is 88.0 Å². The molecule has 0 unspecified atom stereocenters. The third kappa shape index (κ3) is 7.40. The van der Waals surface area contributed by atoms with Crippen molar-refractivity contribution in [2.75, 3.05) is 13.7 Å². The summed E-state index contributed by atoms with van der Waals surface area (Å²) < 4.78 is 40.6. The number of benzene rings is 2. The van der Waals surface area contributed by atoms with Crippen molar-refractivity contribution >= 4 is 49.2 Å². The number of sulfonamides is 1. The van der Waals surface area contributed by atoms with Gasteiger partial charge in [-0.3, -0.25) is 19.1 Å². The van der Waals surface area contributed by atoms with Gasteiger partial charge in [-0.1, -0.05) is 66.7 Å². The fourth-order valence-electron chi connectivity index (χ4n) is 7.42. The van der Waals surface area contributed by atoms with Gasteiger partial charge in [-0.05, 0) is 74.6 Å². The molecule has 2 amide bonds. The number of amides is 2. The molecule has 3 fully saturated rings. The Labute approximate surface area is 291 Å². The average molecular weight is 706 g/mol. The molecule has 2 aliphatic carbocycles. The molecule has 4 aliphatic rings. The van der Waals surface area contributed by atoms with Crippen LogP contribution in [0.25, 0.3) is 10.2 Å². The number of fused-ring (bicyclic) bond motifs is 3. The van der Waals surface area contributed by atoms with Crippen molar-refractivity contribution in [3.05, 3.63) is 66.2 Å². The van der Waals surface area contributed by atoms with Gasteiger partial charge in [-0.25, -0.2) is 13.4 Å². The van der Waals surface area contributed by atoms with E-state index in [0.29, 0.717) is 43.0 Å². The van der Waals surface area contributed by atoms with Crippen LogP contribution in [0.2, 0.25) is 0 Å². The van der Waals surface area contributed by atoms with Gasteiger partial charge in [0.1, 0.15) is 11.9 Å². The maximum absolute atomic E-state index is 14.5. The number of aromatic nitrogens is 1. The Morgan fingerprint density at radius 2 is 1.90 bits per heavy atom. The number of carbonyl (C=O) groups is 3. The van der Waals surface area contributed by atoms with Gasteiger partial charge in [-0.2, -0.15) is 0 Å². The van der Waals surface area contributed by atoms with E-state index >= 15 is 0 Å². The number of nitrogens with one attached hydrogen (secondary N) is 1. The van der Waals surface area contributed by atoms with Crippen LogP contribution in [-0.2, 0) is 30.8 Å². The minimum absolute atomic E-state index is 0.0857. The second kappa shape index (κ2) is 13.9. The van der Waals surface area contributed by atoms with Crippen LogP contribution in [0.4, 0.5) is 0 Å². The molecular formula is C37H43N3O7S2. The van der Waals surface area contributed by atoms with E-state index in [1.807, 2.05) is 54.6 Å². The number of ketones is 1. The van der Waals surface area contributed by atoms with Gasteiger partial charge in [0.25, 0.3) is 5.19 Å². The second-order valence-electron chi connectivity index (χ2n) is 14.0. The van der Waals surface area contributed by atoms with Gasteiger partial charge in [0.05, 0.1) is 40.6 Å². The molecule has 7 rings (SSSR count). The summed E-state index contributed by atoms with van der Waals surface area (Å²) in [5.41, 5.74) is 0.680. The zero-order chi connectivity index (χ0) is 34.2. The third-order valence-electron chi connectivity index (χ3n) is 10.5. The smallest absolute Gasteiger partial charge is 0.274 e. The summed E-state index contributed by atoms with van der Waals surface area (Å²) in [5.74, 6) is -0.775. The second-order valence-corrected chi connectivity index (χ2v) is 17.0. The fourth-order valence-corrected chi connectivity index (χ4v) is 9.72. The quantitative estimate of drug-likeness (QED) is 0.300. The van der Waals surface area contributed by atoms with Crippen molar-refractivity contribution < 1.29 is 32.3 Å². The van der Waals surface area contributed by atoms with Crippen LogP contribution >= 0.6 is 11.3 Å². The Morgan fingerprint density at radius 1 is 1.08 bits per heavy atom. The monoisotopic (exact) mass is 705 g/mol. The Hall–Kier alpha value is -3.77. The standard InChI is InChI=1S/C37H43N3O7S2/c1-46-27-14-17-30-33(20-27)48-36(38-30)47-28-19-31-32(41)22-37(35(43)39-49(44,45)29-15-16-29)21-26(37)13-9-4-2-3-8-12-25(34(42)40(31)23-28)18-24-10-6-5-7-11-24/h5-7,9-11,13-14,17,20,25-26,28-29,31H,2-4,8,12,15-16,18-19,21-23H2,1H3,(H,39,43)/b13-9-/t25-,26-,28-,31+,37-/m1/s1. The first kappa shape index (κ1) is 33.7. The van der Waals surface area contributed by atoms with Crippen LogP contribution in [0.1, 0.15) is 69.8 Å². The molecule has 0 radical (unpaired) electrons. The molecule has 0 bridgehead atoms. The van der Waals surface area contributed by atoms with Crippen molar-refractivity contribution in [1.82, 2.24) is 14.6 Å². The molecule has 3 aromatic rings.